The van der Waals surface area contributed by atoms with E-state index in [1.807, 2.05) is 0 Å². The number of hydrogen-bond donors (Lipinski definition) is 2. The molecule has 156 valence electrons. The van der Waals surface area contributed by atoms with Crippen LogP contribution in [0.2, 0.25) is 5.02 Å². The number of amides is 1. The topological polar surface area (TPSA) is 91.0 Å². The maximum Gasteiger partial charge on any atom is 0.252 e. The number of nitrogens with one attached hydrogen (secondary N) is 2. The van der Waals surface area contributed by atoms with Crippen molar-refractivity contribution in [2.45, 2.75) is 10.9 Å². The molecule has 0 aliphatic carbocycles. The molecule has 1 atom stereocenters. The highest BCUT2D eigenvalue weighted by atomic mass is 35.5. The fourth-order valence-corrected chi connectivity index (χ4v) is 5.20. The van der Waals surface area contributed by atoms with E-state index in [9.17, 15) is 13.2 Å². The van der Waals surface area contributed by atoms with E-state index in [0.29, 0.717) is 44.4 Å². The largest absolute Gasteiger partial charge is 0.379 e. The second kappa shape index (κ2) is 8.55. The van der Waals surface area contributed by atoms with Crippen LogP contribution in [0.3, 0.4) is 0 Å². The zero-order chi connectivity index (χ0) is 20.4. The van der Waals surface area contributed by atoms with Gasteiger partial charge in [0.05, 0.1) is 18.1 Å². The highest BCUT2D eigenvalue weighted by molar-refractivity contribution is 7.89. The first-order valence-electron chi connectivity index (χ1n) is 9.49. The number of morpholine rings is 1. The van der Waals surface area contributed by atoms with Crippen LogP contribution in [-0.2, 0) is 19.6 Å². The van der Waals surface area contributed by atoms with Gasteiger partial charge in [0.1, 0.15) is 6.04 Å². The lowest BCUT2D eigenvalue weighted by Crippen LogP contribution is -2.61. The van der Waals surface area contributed by atoms with Crippen LogP contribution in [0.25, 0.3) is 10.8 Å². The Morgan fingerprint density at radius 1 is 1.10 bits per heavy atom. The number of benzene rings is 2. The fraction of sp³-hybridized carbons (Fsp3) is 0.421. The summed E-state index contributed by atoms with van der Waals surface area (Å²) < 4.78 is 33.0. The van der Waals surface area contributed by atoms with Gasteiger partial charge >= 0.3 is 0 Å². The van der Waals surface area contributed by atoms with Gasteiger partial charge in [-0.05, 0) is 35.0 Å². The molecule has 1 unspecified atom stereocenters. The third-order valence-electron chi connectivity index (χ3n) is 5.15. The molecule has 0 bridgehead atoms. The van der Waals surface area contributed by atoms with Crippen LogP contribution < -0.4 is 10.7 Å². The minimum atomic E-state index is -3.72. The number of nitrogens with zero attached hydrogens (tertiary/aromatic N) is 2. The molecule has 2 fully saturated rings. The highest BCUT2D eigenvalue weighted by Gasteiger charge is 2.33. The van der Waals surface area contributed by atoms with Crippen molar-refractivity contribution in [2.75, 3.05) is 45.9 Å². The van der Waals surface area contributed by atoms with Crippen molar-refractivity contribution in [1.82, 2.24) is 20.1 Å². The van der Waals surface area contributed by atoms with Crippen LogP contribution >= 0.6 is 11.6 Å². The van der Waals surface area contributed by atoms with Crippen LogP contribution in [-0.4, -0.2) is 75.6 Å². The first kappa shape index (κ1) is 20.5. The van der Waals surface area contributed by atoms with E-state index in [1.165, 1.54) is 4.31 Å². The minimum absolute atomic E-state index is 0.0805. The van der Waals surface area contributed by atoms with Gasteiger partial charge in [0.15, 0.2) is 0 Å². The van der Waals surface area contributed by atoms with E-state index in [0.717, 1.165) is 10.8 Å². The van der Waals surface area contributed by atoms with Gasteiger partial charge in [-0.1, -0.05) is 23.7 Å². The maximum absolute atomic E-state index is 13.2. The summed E-state index contributed by atoms with van der Waals surface area (Å²) in [6, 6.07) is 9.69. The number of ether oxygens (including phenoxy) is 1. The van der Waals surface area contributed by atoms with Gasteiger partial charge in [0.2, 0.25) is 10.0 Å². The lowest BCUT2D eigenvalue weighted by molar-refractivity contribution is -0.130. The van der Waals surface area contributed by atoms with E-state index in [1.54, 1.807) is 41.4 Å². The van der Waals surface area contributed by atoms with E-state index >= 15 is 0 Å². The summed E-state index contributed by atoms with van der Waals surface area (Å²) in [6.07, 6.45) is 0. The van der Waals surface area contributed by atoms with Crippen molar-refractivity contribution >= 4 is 38.3 Å². The number of rotatable bonds is 4. The Bertz CT molecular complexity index is 1010. The number of sulfonamides is 1. The predicted octanol–water partition coefficient (Wildman–Crippen LogP) is 0.819. The molecule has 0 saturated carbocycles. The molecule has 2 saturated heterocycles. The number of piperazine rings is 1. The van der Waals surface area contributed by atoms with Crippen LogP contribution in [0.5, 0.6) is 0 Å². The Hall–Kier alpha value is -1.75. The number of carbonyl (C=O) groups excluding carboxylic acids is 1. The number of halogens is 1. The monoisotopic (exact) mass is 438 g/mol. The number of carbonyl (C=O) groups is 1. The molecule has 0 spiro atoms. The molecule has 2 heterocycles. The normalized spacial score (nSPS) is 21.9. The molecule has 2 aliphatic rings. The van der Waals surface area contributed by atoms with Crippen LogP contribution in [0.15, 0.2) is 41.3 Å². The Kier molecular flexibility index (Phi) is 6.05. The van der Waals surface area contributed by atoms with Gasteiger partial charge in [-0.2, -0.15) is 4.31 Å². The molecular formula is C19H23ClN4O4S. The second-order valence-corrected chi connectivity index (χ2v) is 9.47. The van der Waals surface area contributed by atoms with Gasteiger partial charge in [-0.3, -0.25) is 10.2 Å². The van der Waals surface area contributed by atoms with Crippen molar-refractivity contribution in [2.24, 2.45) is 0 Å². The van der Waals surface area contributed by atoms with Gasteiger partial charge < -0.3 is 10.1 Å². The zero-order valence-electron chi connectivity index (χ0n) is 15.8. The molecule has 2 N–H and O–H groups in total. The molecule has 2 aliphatic heterocycles. The SMILES string of the molecule is O=C(NN1CCOCC1)C1CN(S(=O)(=O)c2ccc3cc(Cl)ccc3c2)CCN1. The van der Waals surface area contributed by atoms with Crippen molar-refractivity contribution in [3.05, 3.63) is 41.4 Å². The van der Waals surface area contributed by atoms with E-state index in [4.69, 9.17) is 16.3 Å². The van der Waals surface area contributed by atoms with Crippen molar-refractivity contribution in [3.8, 4) is 0 Å². The minimum Gasteiger partial charge on any atom is -0.379 e. The van der Waals surface area contributed by atoms with Crippen LogP contribution in [0.4, 0.5) is 0 Å². The summed E-state index contributed by atoms with van der Waals surface area (Å²) in [5.41, 5.74) is 2.85. The van der Waals surface area contributed by atoms with Gasteiger partial charge in [-0.15, -0.1) is 0 Å². The molecule has 10 heteroatoms. The van der Waals surface area contributed by atoms with E-state index < -0.39 is 16.1 Å². The summed E-state index contributed by atoms with van der Waals surface area (Å²) >= 11 is 6.00. The van der Waals surface area contributed by atoms with Crippen molar-refractivity contribution in [3.63, 3.8) is 0 Å². The molecule has 2 aromatic rings. The summed E-state index contributed by atoms with van der Waals surface area (Å²) in [5.74, 6) is -0.236. The molecule has 1 amide bonds. The van der Waals surface area contributed by atoms with E-state index in [2.05, 4.69) is 10.7 Å². The third kappa shape index (κ3) is 4.55. The lowest BCUT2D eigenvalue weighted by Gasteiger charge is -2.34. The van der Waals surface area contributed by atoms with E-state index in [-0.39, 0.29) is 17.3 Å². The maximum atomic E-state index is 13.2. The van der Waals surface area contributed by atoms with Gasteiger partial charge in [0.25, 0.3) is 5.91 Å². The van der Waals surface area contributed by atoms with Crippen LogP contribution in [0, 0.1) is 0 Å². The standard InChI is InChI=1S/C19H23ClN4O4S/c20-16-3-1-15-12-17(4-2-14(15)11-16)29(26,27)24-6-5-21-18(13-24)19(25)22-23-7-9-28-10-8-23/h1-4,11-12,18,21H,5-10,13H2,(H,22,25). The number of hydrazine groups is 1. The average molecular weight is 439 g/mol. The number of hydrogen-bond acceptors (Lipinski definition) is 6. The summed E-state index contributed by atoms with van der Waals surface area (Å²) in [6.45, 7) is 3.14. The lowest BCUT2D eigenvalue weighted by atomic mass is 10.1. The Morgan fingerprint density at radius 3 is 2.62 bits per heavy atom. The smallest absolute Gasteiger partial charge is 0.252 e. The summed E-state index contributed by atoms with van der Waals surface area (Å²) in [5, 5.41) is 7.18. The van der Waals surface area contributed by atoms with Crippen molar-refractivity contribution < 1.29 is 17.9 Å². The first-order valence-corrected chi connectivity index (χ1v) is 11.3. The van der Waals surface area contributed by atoms with Gasteiger partial charge in [0, 0.05) is 37.7 Å². The summed E-state index contributed by atoms with van der Waals surface area (Å²) in [4.78, 5) is 12.8. The molecule has 0 radical (unpaired) electrons. The number of fused-ring (bicyclic) bond motifs is 1. The molecule has 0 aromatic heterocycles. The Morgan fingerprint density at radius 2 is 1.83 bits per heavy atom. The summed E-state index contributed by atoms with van der Waals surface area (Å²) in [7, 11) is -3.72. The predicted molar refractivity (Wildman–Crippen MR) is 110 cm³/mol. The molecule has 8 nitrogen and oxygen atoms in total. The Balaban J connectivity index is 1.49. The first-order chi connectivity index (χ1) is 13.9. The third-order valence-corrected chi connectivity index (χ3v) is 7.24. The van der Waals surface area contributed by atoms with Crippen LogP contribution in [0.1, 0.15) is 0 Å². The second-order valence-electron chi connectivity index (χ2n) is 7.10. The molecule has 2 aromatic carbocycles. The van der Waals surface area contributed by atoms with Gasteiger partial charge in [-0.25, -0.2) is 13.4 Å². The molecular weight excluding hydrogens is 416 g/mol. The highest BCUT2D eigenvalue weighted by Crippen LogP contribution is 2.25. The average Bonchev–Trinajstić information content (AvgIpc) is 2.74. The molecule has 29 heavy (non-hydrogen) atoms. The fourth-order valence-electron chi connectivity index (χ4n) is 3.53. The quantitative estimate of drug-likeness (QED) is 0.734. The Labute approximate surface area is 174 Å². The van der Waals surface area contributed by atoms with Crippen molar-refractivity contribution in [1.29, 1.82) is 0 Å². The molecule has 4 rings (SSSR count). The zero-order valence-corrected chi connectivity index (χ0v) is 17.4.